The summed E-state index contributed by atoms with van der Waals surface area (Å²) in [5.41, 5.74) is 1.80. The molecule has 0 spiro atoms. The second-order valence-corrected chi connectivity index (χ2v) is 6.91. The molecule has 0 aliphatic rings. The smallest absolute Gasteiger partial charge is 0.00107 e. The fourth-order valence-electron chi connectivity index (χ4n) is 3.20. The molecule has 0 bridgehead atoms. The highest BCUT2D eigenvalue weighted by molar-refractivity contribution is 5.85. The van der Waals surface area contributed by atoms with Crippen LogP contribution >= 0.6 is 0 Å². The molecule has 0 aliphatic carbocycles. The minimum absolute atomic E-state index is 0.323. The van der Waals surface area contributed by atoms with Crippen LogP contribution in [0, 0.1) is 5.41 Å². The molecule has 21 heavy (non-hydrogen) atoms. The Bertz CT molecular complexity index is 568. The van der Waals surface area contributed by atoms with E-state index >= 15 is 0 Å². The number of hydrogen-bond donors (Lipinski definition) is 1. The van der Waals surface area contributed by atoms with Gasteiger partial charge in [-0.05, 0) is 34.6 Å². The Morgan fingerprint density at radius 1 is 1.05 bits per heavy atom. The summed E-state index contributed by atoms with van der Waals surface area (Å²) in [5, 5.41) is 6.40. The average molecular weight is 283 g/mol. The van der Waals surface area contributed by atoms with E-state index in [1.54, 1.807) is 0 Å². The van der Waals surface area contributed by atoms with Gasteiger partial charge in [0, 0.05) is 12.6 Å². The molecule has 0 amide bonds. The summed E-state index contributed by atoms with van der Waals surface area (Å²) in [6, 6.07) is 16.0. The lowest BCUT2D eigenvalue weighted by molar-refractivity contribution is 0.268. The molecule has 0 saturated heterocycles. The molecule has 1 nitrogen and oxygen atoms in total. The molecule has 1 N–H and O–H groups in total. The number of rotatable bonds is 7. The Kier molecular flexibility index (Phi) is 5.41. The zero-order chi connectivity index (χ0) is 15.3. The monoisotopic (exact) mass is 283 g/mol. The van der Waals surface area contributed by atoms with Crippen molar-refractivity contribution in [2.45, 2.75) is 53.0 Å². The highest BCUT2D eigenvalue weighted by Crippen LogP contribution is 2.31. The molecule has 1 heteroatoms. The van der Waals surface area contributed by atoms with Crippen molar-refractivity contribution in [2.24, 2.45) is 5.41 Å². The van der Waals surface area contributed by atoms with Gasteiger partial charge >= 0.3 is 0 Å². The van der Waals surface area contributed by atoms with Gasteiger partial charge in [0.25, 0.3) is 0 Å². The summed E-state index contributed by atoms with van der Waals surface area (Å²) < 4.78 is 0. The van der Waals surface area contributed by atoms with Gasteiger partial charge in [0.1, 0.15) is 0 Å². The van der Waals surface area contributed by atoms with Crippen LogP contribution in [0.4, 0.5) is 0 Å². The molecule has 1 unspecified atom stereocenters. The lowest BCUT2D eigenvalue weighted by atomic mass is 9.78. The molecular formula is C20H29N. The van der Waals surface area contributed by atoms with Gasteiger partial charge < -0.3 is 5.32 Å². The van der Waals surface area contributed by atoms with Crippen LogP contribution in [0.2, 0.25) is 0 Å². The number of fused-ring (bicyclic) bond motifs is 1. The van der Waals surface area contributed by atoms with Crippen molar-refractivity contribution in [3.8, 4) is 0 Å². The van der Waals surface area contributed by atoms with E-state index in [1.165, 1.54) is 29.2 Å². The van der Waals surface area contributed by atoms with Gasteiger partial charge in [-0.15, -0.1) is 0 Å². The van der Waals surface area contributed by atoms with Crippen LogP contribution < -0.4 is 5.32 Å². The van der Waals surface area contributed by atoms with Gasteiger partial charge in [-0.1, -0.05) is 76.6 Å². The van der Waals surface area contributed by atoms with Gasteiger partial charge in [-0.3, -0.25) is 0 Å². The first-order valence-electron chi connectivity index (χ1n) is 8.24. The van der Waals surface area contributed by atoms with Gasteiger partial charge in [0.15, 0.2) is 0 Å². The minimum Gasteiger partial charge on any atom is -0.314 e. The molecule has 0 heterocycles. The van der Waals surface area contributed by atoms with Crippen molar-refractivity contribution in [1.82, 2.24) is 5.32 Å². The third-order valence-corrected chi connectivity index (χ3v) is 4.29. The fraction of sp³-hybridized carbons (Fsp3) is 0.500. The molecule has 114 valence electrons. The van der Waals surface area contributed by atoms with E-state index in [2.05, 4.69) is 75.5 Å². The molecule has 0 aromatic heterocycles. The molecule has 2 aromatic carbocycles. The Morgan fingerprint density at radius 2 is 1.76 bits per heavy atom. The lowest BCUT2D eigenvalue weighted by Gasteiger charge is -2.31. The van der Waals surface area contributed by atoms with Gasteiger partial charge in [0.05, 0.1) is 0 Å². The maximum Gasteiger partial charge on any atom is 0.00107 e. The van der Waals surface area contributed by atoms with Crippen LogP contribution in [0.1, 0.15) is 46.1 Å². The first-order chi connectivity index (χ1) is 10.0. The summed E-state index contributed by atoms with van der Waals surface area (Å²) >= 11 is 0. The standard InChI is InChI=1S/C20H29N/c1-5-13-20(4,15-21-16(2)3)14-18-11-8-10-17-9-6-7-12-19(17)18/h6-12,16,21H,5,13-15H2,1-4H3. The quantitative estimate of drug-likeness (QED) is 0.737. The second-order valence-electron chi connectivity index (χ2n) is 6.91. The Hall–Kier alpha value is -1.34. The predicted octanol–water partition coefficient (Wildman–Crippen LogP) is 5.19. The molecule has 2 rings (SSSR count). The highest BCUT2D eigenvalue weighted by atomic mass is 14.9. The molecule has 1 atom stereocenters. The first-order valence-corrected chi connectivity index (χ1v) is 8.24. The van der Waals surface area contributed by atoms with Crippen LogP contribution in [-0.2, 0) is 6.42 Å². The first kappa shape index (κ1) is 16.0. The zero-order valence-corrected chi connectivity index (χ0v) is 13.9. The van der Waals surface area contributed by atoms with E-state index in [4.69, 9.17) is 0 Å². The fourth-order valence-corrected chi connectivity index (χ4v) is 3.20. The predicted molar refractivity (Wildman–Crippen MR) is 93.8 cm³/mol. The van der Waals surface area contributed by atoms with E-state index in [0.717, 1.165) is 13.0 Å². The summed E-state index contributed by atoms with van der Waals surface area (Å²) in [7, 11) is 0. The molecule has 0 radical (unpaired) electrons. The third kappa shape index (κ3) is 4.31. The van der Waals surface area contributed by atoms with Crippen LogP contribution in [0.5, 0.6) is 0 Å². The summed E-state index contributed by atoms with van der Waals surface area (Å²) in [6.45, 7) is 10.3. The largest absolute Gasteiger partial charge is 0.314 e. The number of benzene rings is 2. The third-order valence-electron chi connectivity index (χ3n) is 4.29. The molecule has 0 fully saturated rings. The van der Waals surface area contributed by atoms with Crippen molar-refractivity contribution < 1.29 is 0 Å². The highest BCUT2D eigenvalue weighted by Gasteiger charge is 2.24. The van der Waals surface area contributed by atoms with Gasteiger partial charge in [-0.2, -0.15) is 0 Å². The van der Waals surface area contributed by atoms with Crippen molar-refractivity contribution >= 4 is 10.8 Å². The summed E-state index contributed by atoms with van der Waals surface area (Å²) in [4.78, 5) is 0. The topological polar surface area (TPSA) is 12.0 Å². The second kappa shape index (κ2) is 7.09. The van der Waals surface area contributed by atoms with Crippen molar-refractivity contribution in [1.29, 1.82) is 0 Å². The molecular weight excluding hydrogens is 254 g/mol. The maximum absolute atomic E-state index is 3.64. The van der Waals surface area contributed by atoms with Crippen LogP contribution in [0.15, 0.2) is 42.5 Å². The van der Waals surface area contributed by atoms with Gasteiger partial charge in [0.2, 0.25) is 0 Å². The van der Waals surface area contributed by atoms with E-state index in [0.29, 0.717) is 11.5 Å². The Balaban J connectivity index is 2.26. The molecule has 0 saturated carbocycles. The Morgan fingerprint density at radius 3 is 2.48 bits per heavy atom. The average Bonchev–Trinajstić information content (AvgIpc) is 2.46. The maximum atomic E-state index is 3.64. The van der Waals surface area contributed by atoms with E-state index < -0.39 is 0 Å². The van der Waals surface area contributed by atoms with Crippen molar-refractivity contribution in [3.63, 3.8) is 0 Å². The van der Waals surface area contributed by atoms with E-state index in [-0.39, 0.29) is 0 Å². The van der Waals surface area contributed by atoms with Crippen molar-refractivity contribution in [3.05, 3.63) is 48.0 Å². The number of nitrogens with one attached hydrogen (secondary N) is 1. The van der Waals surface area contributed by atoms with Crippen LogP contribution in [-0.4, -0.2) is 12.6 Å². The number of hydrogen-bond acceptors (Lipinski definition) is 1. The van der Waals surface area contributed by atoms with Crippen LogP contribution in [0.25, 0.3) is 10.8 Å². The minimum atomic E-state index is 0.323. The Labute approximate surface area is 129 Å². The van der Waals surface area contributed by atoms with Gasteiger partial charge in [-0.25, -0.2) is 0 Å². The summed E-state index contributed by atoms with van der Waals surface area (Å²) in [5.74, 6) is 0. The summed E-state index contributed by atoms with van der Waals surface area (Å²) in [6.07, 6.45) is 3.64. The lowest BCUT2D eigenvalue weighted by Crippen LogP contribution is -2.37. The normalized spacial score (nSPS) is 14.5. The van der Waals surface area contributed by atoms with E-state index in [9.17, 15) is 0 Å². The zero-order valence-electron chi connectivity index (χ0n) is 13.9. The van der Waals surface area contributed by atoms with E-state index in [1.807, 2.05) is 0 Å². The SMILES string of the molecule is CCCC(C)(CNC(C)C)Cc1cccc2ccccc12. The molecule has 2 aromatic rings. The van der Waals surface area contributed by atoms with Crippen LogP contribution in [0.3, 0.4) is 0 Å². The molecule has 0 aliphatic heterocycles. The van der Waals surface area contributed by atoms with Crippen molar-refractivity contribution in [2.75, 3.05) is 6.54 Å².